The van der Waals surface area contributed by atoms with Crippen LogP contribution in [-0.4, -0.2) is 29.4 Å². The molecule has 1 unspecified atom stereocenters. The minimum atomic E-state index is -0.456. The third-order valence-corrected chi connectivity index (χ3v) is 4.18. The molecule has 0 aliphatic carbocycles. The molecular formula is C18H28ClN3O2. The number of halogens is 1. The summed E-state index contributed by atoms with van der Waals surface area (Å²) in [5, 5.41) is 9.20. The van der Waals surface area contributed by atoms with Crippen molar-refractivity contribution in [2.24, 2.45) is 0 Å². The van der Waals surface area contributed by atoms with Crippen LogP contribution in [0.1, 0.15) is 57.3 Å². The Labute approximate surface area is 150 Å². The number of hydrogen-bond donors (Lipinski definition) is 3. The molecule has 5 nitrogen and oxygen atoms in total. The topological polar surface area (TPSA) is 70.2 Å². The van der Waals surface area contributed by atoms with Crippen molar-refractivity contribution in [1.82, 2.24) is 10.6 Å². The predicted octanol–water partition coefficient (Wildman–Crippen LogP) is 3.11. The first kappa shape index (κ1) is 20.5. The lowest BCUT2D eigenvalue weighted by Crippen LogP contribution is -2.50. The van der Waals surface area contributed by atoms with Gasteiger partial charge in [0.15, 0.2) is 0 Å². The van der Waals surface area contributed by atoms with Crippen LogP contribution >= 0.6 is 12.4 Å². The van der Waals surface area contributed by atoms with Gasteiger partial charge in [0.05, 0.1) is 5.54 Å². The summed E-state index contributed by atoms with van der Waals surface area (Å²) in [5.74, 6) is -0.109. The molecule has 6 heteroatoms. The van der Waals surface area contributed by atoms with E-state index >= 15 is 0 Å². The number of benzene rings is 1. The van der Waals surface area contributed by atoms with Crippen molar-refractivity contribution < 1.29 is 9.59 Å². The van der Waals surface area contributed by atoms with E-state index in [0.717, 1.165) is 25.8 Å². The van der Waals surface area contributed by atoms with Crippen molar-refractivity contribution in [3.05, 3.63) is 29.8 Å². The second kappa shape index (κ2) is 7.99. The lowest BCUT2D eigenvalue weighted by atomic mass is 9.93. The van der Waals surface area contributed by atoms with Gasteiger partial charge in [-0.05, 0) is 70.8 Å². The SMILES string of the molecule is CCC1(C(=O)Nc2ccc(C(=O)NC(C)(C)C)cc2)CCCN1.Cl. The third kappa shape index (κ3) is 4.95. The Hall–Kier alpha value is -1.59. The molecule has 1 fully saturated rings. The molecule has 134 valence electrons. The van der Waals surface area contributed by atoms with Crippen LogP contribution in [0.5, 0.6) is 0 Å². The Balaban J connectivity index is 0.00000288. The van der Waals surface area contributed by atoms with E-state index in [1.165, 1.54) is 0 Å². The van der Waals surface area contributed by atoms with Gasteiger partial charge in [0.1, 0.15) is 0 Å². The van der Waals surface area contributed by atoms with Crippen LogP contribution in [0.15, 0.2) is 24.3 Å². The van der Waals surface area contributed by atoms with Crippen molar-refractivity contribution in [1.29, 1.82) is 0 Å². The number of hydrogen-bond acceptors (Lipinski definition) is 3. The van der Waals surface area contributed by atoms with Crippen LogP contribution < -0.4 is 16.0 Å². The number of carbonyl (C=O) groups excluding carboxylic acids is 2. The van der Waals surface area contributed by atoms with Crippen LogP contribution in [0.2, 0.25) is 0 Å². The molecule has 0 spiro atoms. The summed E-state index contributed by atoms with van der Waals surface area (Å²) in [5.41, 5.74) is 0.569. The van der Waals surface area contributed by atoms with E-state index < -0.39 is 5.54 Å². The van der Waals surface area contributed by atoms with E-state index in [9.17, 15) is 9.59 Å². The number of nitrogens with one attached hydrogen (secondary N) is 3. The smallest absolute Gasteiger partial charge is 0.251 e. The largest absolute Gasteiger partial charge is 0.347 e. The zero-order valence-corrected chi connectivity index (χ0v) is 15.7. The van der Waals surface area contributed by atoms with Crippen molar-refractivity contribution >= 4 is 29.9 Å². The molecule has 3 N–H and O–H groups in total. The summed E-state index contributed by atoms with van der Waals surface area (Å²) in [6, 6.07) is 7.01. The minimum absolute atomic E-state index is 0. The van der Waals surface area contributed by atoms with E-state index in [4.69, 9.17) is 0 Å². The Kier molecular flexibility index (Phi) is 6.81. The molecule has 2 amide bonds. The number of rotatable bonds is 4. The predicted molar refractivity (Wildman–Crippen MR) is 99.8 cm³/mol. The molecule has 0 bridgehead atoms. The van der Waals surface area contributed by atoms with Gasteiger partial charge < -0.3 is 16.0 Å². The molecule has 1 aliphatic heterocycles. The van der Waals surface area contributed by atoms with Crippen molar-refractivity contribution in [3.8, 4) is 0 Å². The number of anilines is 1. The fourth-order valence-electron chi connectivity index (χ4n) is 2.83. The zero-order chi connectivity index (χ0) is 17.1. The highest BCUT2D eigenvalue weighted by Gasteiger charge is 2.39. The standard InChI is InChI=1S/C18H27N3O2.ClH/c1-5-18(11-6-12-19-18)16(23)20-14-9-7-13(8-10-14)15(22)21-17(2,3)4;/h7-10,19H,5-6,11-12H2,1-4H3,(H,20,23)(H,21,22);1H. The normalized spacial score (nSPS) is 20.2. The zero-order valence-electron chi connectivity index (χ0n) is 14.9. The minimum Gasteiger partial charge on any atom is -0.347 e. The van der Waals surface area contributed by atoms with Gasteiger partial charge in [-0.2, -0.15) is 0 Å². The number of carbonyl (C=O) groups is 2. The molecule has 0 saturated carbocycles. The Morgan fingerprint density at radius 2 is 1.83 bits per heavy atom. The first-order chi connectivity index (χ1) is 10.8. The van der Waals surface area contributed by atoms with Gasteiger partial charge in [-0.1, -0.05) is 6.92 Å². The summed E-state index contributed by atoms with van der Waals surface area (Å²) in [7, 11) is 0. The lowest BCUT2D eigenvalue weighted by molar-refractivity contribution is -0.122. The van der Waals surface area contributed by atoms with Crippen molar-refractivity contribution in [2.45, 2.75) is 58.0 Å². The lowest BCUT2D eigenvalue weighted by Gasteiger charge is -2.26. The van der Waals surface area contributed by atoms with Crippen LogP contribution in [-0.2, 0) is 4.79 Å². The highest BCUT2D eigenvalue weighted by Crippen LogP contribution is 2.25. The molecule has 1 aromatic carbocycles. The van der Waals surface area contributed by atoms with Gasteiger partial charge in [0.25, 0.3) is 5.91 Å². The monoisotopic (exact) mass is 353 g/mol. The Morgan fingerprint density at radius 1 is 1.21 bits per heavy atom. The maximum atomic E-state index is 12.5. The molecular weight excluding hydrogens is 326 g/mol. The molecule has 24 heavy (non-hydrogen) atoms. The summed E-state index contributed by atoms with van der Waals surface area (Å²) in [4.78, 5) is 24.6. The van der Waals surface area contributed by atoms with Gasteiger partial charge in [-0.3, -0.25) is 9.59 Å². The summed E-state index contributed by atoms with van der Waals surface area (Å²) in [6.07, 6.45) is 2.65. The maximum Gasteiger partial charge on any atom is 0.251 e. The fourth-order valence-corrected chi connectivity index (χ4v) is 2.83. The molecule has 0 radical (unpaired) electrons. The van der Waals surface area contributed by atoms with Crippen LogP contribution in [0.25, 0.3) is 0 Å². The van der Waals surface area contributed by atoms with Crippen molar-refractivity contribution in [2.75, 3.05) is 11.9 Å². The highest BCUT2D eigenvalue weighted by molar-refractivity contribution is 5.99. The highest BCUT2D eigenvalue weighted by atomic mass is 35.5. The van der Waals surface area contributed by atoms with Gasteiger partial charge in [-0.25, -0.2) is 0 Å². The molecule has 1 heterocycles. The van der Waals surface area contributed by atoms with E-state index in [-0.39, 0.29) is 29.8 Å². The van der Waals surface area contributed by atoms with Gasteiger partial charge in [-0.15, -0.1) is 12.4 Å². The summed E-state index contributed by atoms with van der Waals surface area (Å²) in [6.45, 7) is 8.74. The Morgan fingerprint density at radius 3 is 2.29 bits per heavy atom. The van der Waals surface area contributed by atoms with Gasteiger partial charge >= 0.3 is 0 Å². The molecule has 1 aliphatic rings. The molecule has 1 saturated heterocycles. The van der Waals surface area contributed by atoms with E-state index in [2.05, 4.69) is 16.0 Å². The third-order valence-electron chi connectivity index (χ3n) is 4.18. The van der Waals surface area contributed by atoms with Crippen molar-refractivity contribution in [3.63, 3.8) is 0 Å². The van der Waals surface area contributed by atoms with E-state index in [0.29, 0.717) is 11.3 Å². The first-order valence-corrected chi connectivity index (χ1v) is 8.25. The van der Waals surface area contributed by atoms with E-state index in [1.807, 2.05) is 27.7 Å². The average molecular weight is 354 g/mol. The maximum absolute atomic E-state index is 12.5. The second-order valence-electron chi connectivity index (χ2n) is 7.20. The van der Waals surface area contributed by atoms with Crippen LogP contribution in [0.3, 0.4) is 0 Å². The molecule has 1 aromatic rings. The van der Waals surface area contributed by atoms with Crippen LogP contribution in [0.4, 0.5) is 5.69 Å². The summed E-state index contributed by atoms with van der Waals surface area (Å²) >= 11 is 0. The summed E-state index contributed by atoms with van der Waals surface area (Å²) < 4.78 is 0. The Bertz CT molecular complexity index is 573. The second-order valence-corrected chi connectivity index (χ2v) is 7.20. The molecule has 2 rings (SSSR count). The first-order valence-electron chi connectivity index (χ1n) is 8.25. The molecule has 0 aromatic heterocycles. The van der Waals surface area contributed by atoms with Gasteiger partial charge in [0, 0.05) is 16.8 Å². The quantitative estimate of drug-likeness (QED) is 0.779. The van der Waals surface area contributed by atoms with Crippen LogP contribution in [0, 0.1) is 0 Å². The van der Waals surface area contributed by atoms with E-state index in [1.54, 1.807) is 24.3 Å². The molecule has 1 atom stereocenters. The average Bonchev–Trinajstić information content (AvgIpc) is 2.96. The van der Waals surface area contributed by atoms with Gasteiger partial charge in [0.2, 0.25) is 5.91 Å². The fraction of sp³-hybridized carbons (Fsp3) is 0.556. The number of amides is 2.